The second-order valence-electron chi connectivity index (χ2n) is 5.36. The predicted octanol–water partition coefficient (Wildman–Crippen LogP) is 0.172. The lowest BCUT2D eigenvalue weighted by Crippen LogP contribution is -2.59. The zero-order chi connectivity index (χ0) is 15.1. The number of nitrogens with one attached hydrogen (secondary N) is 2. The Morgan fingerprint density at radius 1 is 1.35 bits per heavy atom. The minimum atomic E-state index is -3.73. The lowest BCUT2D eigenvalue weighted by atomic mass is 10.0. The van der Waals surface area contributed by atoms with Gasteiger partial charge in [-0.05, 0) is 19.8 Å². The Morgan fingerprint density at radius 3 is 2.50 bits per heavy atom. The van der Waals surface area contributed by atoms with Crippen LogP contribution in [0.15, 0.2) is 4.90 Å². The molecule has 1 aliphatic rings. The first-order valence-corrected chi connectivity index (χ1v) is 8.02. The number of carbonyl (C=O) groups excluding carboxylic acids is 1. The Bertz CT molecular complexity index is 601. The Balaban J connectivity index is 2.50. The zero-order valence-corrected chi connectivity index (χ0v) is 12.9. The largest absolute Gasteiger partial charge is 0.353 e. The van der Waals surface area contributed by atoms with Crippen LogP contribution in [0.1, 0.15) is 25.2 Å². The van der Waals surface area contributed by atoms with Crippen molar-refractivity contribution in [2.75, 3.05) is 13.1 Å². The van der Waals surface area contributed by atoms with E-state index in [2.05, 4.69) is 15.5 Å². The number of amides is 1. The number of H-pyrrole nitrogens is 1. The summed E-state index contributed by atoms with van der Waals surface area (Å²) in [5.74, 6) is -0.341. The highest BCUT2D eigenvalue weighted by Gasteiger charge is 2.41. The van der Waals surface area contributed by atoms with Crippen LogP contribution >= 0.6 is 0 Å². The summed E-state index contributed by atoms with van der Waals surface area (Å²) in [6, 6.07) is -0.678. The molecule has 1 atom stereocenters. The maximum absolute atomic E-state index is 12.8. The van der Waals surface area contributed by atoms with Gasteiger partial charge in [0.1, 0.15) is 10.9 Å². The first kappa shape index (κ1) is 15.0. The van der Waals surface area contributed by atoms with E-state index in [0.717, 1.165) is 0 Å². The van der Waals surface area contributed by atoms with Crippen molar-refractivity contribution in [1.82, 2.24) is 19.8 Å². The van der Waals surface area contributed by atoms with Crippen LogP contribution < -0.4 is 5.32 Å². The van der Waals surface area contributed by atoms with Gasteiger partial charge in [-0.1, -0.05) is 13.8 Å². The maximum Gasteiger partial charge on any atom is 0.247 e. The van der Waals surface area contributed by atoms with Crippen molar-refractivity contribution in [2.24, 2.45) is 5.92 Å². The van der Waals surface area contributed by atoms with Crippen LogP contribution in [0.3, 0.4) is 0 Å². The summed E-state index contributed by atoms with van der Waals surface area (Å²) in [5, 5.41) is 9.34. The van der Waals surface area contributed by atoms with Gasteiger partial charge >= 0.3 is 0 Å². The number of rotatable bonds is 3. The van der Waals surface area contributed by atoms with E-state index in [-0.39, 0.29) is 23.3 Å². The summed E-state index contributed by atoms with van der Waals surface area (Å²) < 4.78 is 27.0. The number of hydrogen-bond acceptors (Lipinski definition) is 4. The van der Waals surface area contributed by atoms with Crippen molar-refractivity contribution in [2.45, 2.75) is 38.6 Å². The Labute approximate surface area is 118 Å². The molecule has 2 rings (SSSR count). The first-order chi connectivity index (χ1) is 9.26. The molecule has 1 aromatic heterocycles. The molecule has 112 valence electrons. The molecule has 0 aliphatic carbocycles. The number of nitrogens with zero attached hydrogens (tertiary/aromatic N) is 2. The van der Waals surface area contributed by atoms with Gasteiger partial charge in [-0.2, -0.15) is 9.40 Å². The molecule has 2 heterocycles. The van der Waals surface area contributed by atoms with Gasteiger partial charge in [0.15, 0.2) is 0 Å². The fourth-order valence-electron chi connectivity index (χ4n) is 2.61. The van der Waals surface area contributed by atoms with Crippen molar-refractivity contribution in [3.8, 4) is 0 Å². The van der Waals surface area contributed by atoms with E-state index >= 15 is 0 Å². The van der Waals surface area contributed by atoms with E-state index in [1.54, 1.807) is 13.8 Å². The third-order valence-corrected chi connectivity index (χ3v) is 5.61. The minimum absolute atomic E-state index is 0.0995. The van der Waals surface area contributed by atoms with E-state index in [4.69, 9.17) is 0 Å². The summed E-state index contributed by atoms with van der Waals surface area (Å²) in [7, 11) is -3.73. The summed E-state index contributed by atoms with van der Waals surface area (Å²) in [6.45, 7) is 7.60. The predicted molar refractivity (Wildman–Crippen MR) is 73.6 cm³/mol. The van der Waals surface area contributed by atoms with Crippen LogP contribution in [0, 0.1) is 19.8 Å². The fourth-order valence-corrected chi connectivity index (χ4v) is 4.66. The highest BCUT2D eigenvalue weighted by atomic mass is 32.2. The molecule has 0 aromatic carbocycles. The van der Waals surface area contributed by atoms with Gasteiger partial charge in [0.05, 0.1) is 11.4 Å². The van der Waals surface area contributed by atoms with Crippen molar-refractivity contribution in [3.05, 3.63) is 11.4 Å². The lowest BCUT2D eigenvalue weighted by molar-refractivity contribution is -0.128. The van der Waals surface area contributed by atoms with Crippen molar-refractivity contribution >= 4 is 15.9 Å². The molecule has 1 fully saturated rings. The molecule has 0 spiro atoms. The maximum atomic E-state index is 12.8. The number of sulfonamides is 1. The van der Waals surface area contributed by atoms with E-state index in [1.807, 2.05) is 13.8 Å². The van der Waals surface area contributed by atoms with Gasteiger partial charge in [0, 0.05) is 13.1 Å². The molecule has 0 bridgehead atoms. The third-order valence-electron chi connectivity index (χ3n) is 3.47. The van der Waals surface area contributed by atoms with Gasteiger partial charge < -0.3 is 5.32 Å². The monoisotopic (exact) mass is 300 g/mol. The molecular formula is C12H20N4O3S. The Hall–Kier alpha value is -1.41. The second kappa shape index (κ2) is 5.17. The molecule has 2 N–H and O–H groups in total. The standard InChI is InChI=1S/C12H20N4O3S/c1-7(2)10-12(17)13-5-6-16(10)20(18,19)11-8(3)14-15-9(11)4/h7,10H,5-6H2,1-4H3,(H,13,17)(H,14,15). The van der Waals surface area contributed by atoms with Gasteiger partial charge in [0.2, 0.25) is 15.9 Å². The van der Waals surface area contributed by atoms with Gasteiger partial charge in [0.25, 0.3) is 0 Å². The Morgan fingerprint density at radius 2 is 2.00 bits per heavy atom. The SMILES string of the molecule is Cc1n[nH]c(C)c1S(=O)(=O)N1CCNC(=O)C1C(C)C. The summed E-state index contributed by atoms with van der Waals surface area (Å²) in [4.78, 5) is 12.2. The summed E-state index contributed by atoms with van der Waals surface area (Å²) in [6.07, 6.45) is 0. The zero-order valence-electron chi connectivity index (χ0n) is 12.1. The minimum Gasteiger partial charge on any atom is -0.353 e. The van der Waals surface area contributed by atoms with Gasteiger partial charge in [-0.15, -0.1) is 0 Å². The number of piperazine rings is 1. The fraction of sp³-hybridized carbons (Fsp3) is 0.667. The molecule has 1 saturated heterocycles. The molecule has 8 heteroatoms. The molecule has 7 nitrogen and oxygen atoms in total. The van der Waals surface area contributed by atoms with Crippen LogP contribution in [-0.4, -0.2) is 48.0 Å². The number of carbonyl (C=O) groups is 1. The van der Waals surface area contributed by atoms with Crippen LogP contribution in [0.2, 0.25) is 0 Å². The van der Waals surface area contributed by atoms with E-state index in [1.165, 1.54) is 4.31 Å². The molecule has 0 radical (unpaired) electrons. The highest BCUT2D eigenvalue weighted by molar-refractivity contribution is 7.89. The van der Waals surface area contributed by atoms with Gasteiger partial charge in [-0.3, -0.25) is 9.89 Å². The molecule has 1 unspecified atom stereocenters. The second-order valence-corrected chi connectivity index (χ2v) is 7.19. The highest BCUT2D eigenvalue weighted by Crippen LogP contribution is 2.26. The normalized spacial score (nSPS) is 21.2. The molecular weight excluding hydrogens is 280 g/mol. The van der Waals surface area contributed by atoms with Crippen LogP contribution in [0.25, 0.3) is 0 Å². The van der Waals surface area contributed by atoms with E-state index in [0.29, 0.717) is 17.9 Å². The van der Waals surface area contributed by atoms with Gasteiger partial charge in [-0.25, -0.2) is 8.42 Å². The first-order valence-electron chi connectivity index (χ1n) is 6.58. The topological polar surface area (TPSA) is 95.2 Å². The van der Waals surface area contributed by atoms with Crippen LogP contribution in [0.4, 0.5) is 0 Å². The van der Waals surface area contributed by atoms with Crippen LogP contribution in [-0.2, 0) is 14.8 Å². The summed E-state index contributed by atoms with van der Waals surface area (Å²) >= 11 is 0. The third kappa shape index (κ3) is 2.33. The van der Waals surface area contributed by atoms with E-state index in [9.17, 15) is 13.2 Å². The number of aryl methyl sites for hydroxylation is 2. The smallest absolute Gasteiger partial charge is 0.247 e. The molecule has 1 aromatic rings. The van der Waals surface area contributed by atoms with Crippen LogP contribution in [0.5, 0.6) is 0 Å². The average molecular weight is 300 g/mol. The Kier molecular flexibility index (Phi) is 3.88. The molecule has 20 heavy (non-hydrogen) atoms. The molecule has 1 aliphatic heterocycles. The number of aromatic nitrogens is 2. The van der Waals surface area contributed by atoms with Crippen molar-refractivity contribution < 1.29 is 13.2 Å². The molecule has 0 saturated carbocycles. The van der Waals surface area contributed by atoms with Crippen molar-refractivity contribution in [3.63, 3.8) is 0 Å². The number of aromatic amines is 1. The number of hydrogen-bond donors (Lipinski definition) is 2. The average Bonchev–Trinajstić information content (AvgIpc) is 2.68. The summed E-state index contributed by atoms with van der Waals surface area (Å²) in [5.41, 5.74) is 0.923. The van der Waals surface area contributed by atoms with Crippen molar-refractivity contribution in [1.29, 1.82) is 0 Å². The lowest BCUT2D eigenvalue weighted by Gasteiger charge is -2.36. The van der Waals surface area contributed by atoms with E-state index < -0.39 is 16.1 Å². The quantitative estimate of drug-likeness (QED) is 0.832. The molecule has 1 amide bonds.